The average Bonchev–Trinajstić information content (AvgIpc) is 0.794. The Bertz CT molecular complexity index is 1950. The number of unbranched alkanes of at least 4 members (excludes halogenated alkanes) is 42. The van der Waals surface area contributed by atoms with E-state index in [9.17, 15) is 45.6 Å². The maximum Gasteiger partial charge on any atom is 0.220 e. The van der Waals surface area contributed by atoms with Gasteiger partial charge < -0.3 is 65.1 Å². The summed E-state index contributed by atoms with van der Waals surface area (Å²) in [6.45, 7) is 2.72. The molecule has 0 aliphatic carbocycles. The van der Waals surface area contributed by atoms with Crippen molar-refractivity contribution in [3.05, 3.63) is 85.1 Å². The van der Waals surface area contributed by atoms with E-state index in [0.29, 0.717) is 12.8 Å². The summed E-state index contributed by atoms with van der Waals surface area (Å²) in [6, 6.07) is -0.937. The lowest BCUT2D eigenvalue weighted by Gasteiger charge is -2.46. The summed E-state index contributed by atoms with van der Waals surface area (Å²) in [5, 5.41) is 87.7. The highest BCUT2D eigenvalue weighted by Gasteiger charge is 2.51. The minimum atomic E-state index is -1.79. The molecule has 12 atom stereocenters. The van der Waals surface area contributed by atoms with Crippen LogP contribution in [0.1, 0.15) is 341 Å². The molecular weight excluding hydrogens is 1220 g/mol. The molecule has 0 spiro atoms. The molecule has 97 heavy (non-hydrogen) atoms. The number of nitrogens with one attached hydrogen (secondary N) is 1. The fourth-order valence-corrected chi connectivity index (χ4v) is 13.0. The number of rotatable bonds is 67. The Morgan fingerprint density at radius 3 is 1.13 bits per heavy atom. The fraction of sp³-hybridized carbons (Fsp3) is 0.819. The summed E-state index contributed by atoms with van der Waals surface area (Å²) >= 11 is 0. The number of hydrogen-bond donors (Lipinski definition) is 9. The third-order valence-corrected chi connectivity index (χ3v) is 19.3. The summed E-state index contributed by atoms with van der Waals surface area (Å²) in [6.07, 6.45) is 76.7. The largest absolute Gasteiger partial charge is 0.394 e. The normalized spacial score (nSPS) is 22.6. The first-order valence-electron chi connectivity index (χ1n) is 40.3. The summed E-state index contributed by atoms with van der Waals surface area (Å²) in [7, 11) is 0. The van der Waals surface area contributed by atoms with E-state index in [2.05, 4.69) is 92.1 Å². The van der Waals surface area contributed by atoms with Crippen LogP contribution >= 0.6 is 0 Å². The maximum atomic E-state index is 13.4. The molecule has 2 heterocycles. The molecule has 0 aromatic rings. The van der Waals surface area contributed by atoms with E-state index in [4.69, 9.17) is 18.9 Å². The minimum absolute atomic E-state index is 0.246. The second-order valence-electron chi connectivity index (χ2n) is 28.2. The van der Waals surface area contributed by atoms with Gasteiger partial charge in [0.1, 0.15) is 48.8 Å². The second kappa shape index (κ2) is 66.4. The van der Waals surface area contributed by atoms with Gasteiger partial charge in [-0.05, 0) is 77.0 Å². The smallest absolute Gasteiger partial charge is 0.220 e. The molecular formula is C83H149NO13. The van der Waals surface area contributed by atoms with Crippen molar-refractivity contribution in [2.24, 2.45) is 0 Å². The van der Waals surface area contributed by atoms with Crippen LogP contribution < -0.4 is 5.32 Å². The van der Waals surface area contributed by atoms with Gasteiger partial charge in [-0.15, -0.1) is 0 Å². The molecule has 0 aromatic carbocycles. The van der Waals surface area contributed by atoms with Crippen LogP contribution in [0.25, 0.3) is 0 Å². The summed E-state index contributed by atoms with van der Waals surface area (Å²) < 4.78 is 22.9. The van der Waals surface area contributed by atoms with Crippen molar-refractivity contribution in [1.82, 2.24) is 5.32 Å². The molecule has 12 unspecified atom stereocenters. The summed E-state index contributed by atoms with van der Waals surface area (Å²) in [4.78, 5) is 13.4. The highest BCUT2D eigenvalue weighted by molar-refractivity contribution is 5.76. The minimum Gasteiger partial charge on any atom is -0.394 e. The fourth-order valence-electron chi connectivity index (χ4n) is 13.0. The zero-order valence-electron chi connectivity index (χ0n) is 61.8. The van der Waals surface area contributed by atoms with Crippen molar-refractivity contribution < 1.29 is 64.6 Å². The predicted molar refractivity (Wildman–Crippen MR) is 401 cm³/mol. The van der Waals surface area contributed by atoms with Crippen LogP contribution in [0.2, 0.25) is 0 Å². The molecule has 0 bridgehead atoms. The number of allylic oxidation sites excluding steroid dienone is 13. The molecule has 2 saturated heterocycles. The quantitative estimate of drug-likeness (QED) is 0.0204. The van der Waals surface area contributed by atoms with Gasteiger partial charge in [-0.3, -0.25) is 4.79 Å². The van der Waals surface area contributed by atoms with Gasteiger partial charge in [0.2, 0.25) is 5.91 Å². The molecule has 14 heteroatoms. The van der Waals surface area contributed by atoms with Crippen LogP contribution in [-0.2, 0) is 23.7 Å². The van der Waals surface area contributed by atoms with E-state index in [0.717, 1.165) is 64.2 Å². The third kappa shape index (κ3) is 49.4. The van der Waals surface area contributed by atoms with Crippen LogP contribution in [-0.4, -0.2) is 140 Å². The van der Waals surface area contributed by atoms with Crippen LogP contribution in [0.5, 0.6) is 0 Å². The second-order valence-corrected chi connectivity index (χ2v) is 28.2. The van der Waals surface area contributed by atoms with E-state index < -0.39 is 86.8 Å². The van der Waals surface area contributed by atoms with Gasteiger partial charge in [0, 0.05) is 6.42 Å². The molecule has 0 aromatic heterocycles. The zero-order chi connectivity index (χ0) is 70.1. The summed E-state index contributed by atoms with van der Waals surface area (Å²) in [5.41, 5.74) is 0. The van der Waals surface area contributed by atoms with Crippen LogP contribution in [0.15, 0.2) is 85.1 Å². The molecule has 2 aliphatic rings. The Morgan fingerprint density at radius 2 is 0.722 bits per heavy atom. The summed E-state index contributed by atoms with van der Waals surface area (Å²) in [5.74, 6) is -0.246. The first-order valence-corrected chi connectivity index (χ1v) is 40.3. The Balaban J connectivity index is 1.63. The Morgan fingerprint density at radius 1 is 0.381 bits per heavy atom. The van der Waals surface area contributed by atoms with E-state index in [1.807, 2.05) is 6.08 Å². The topological polar surface area (TPSA) is 228 Å². The number of aliphatic hydroxyl groups excluding tert-OH is 8. The molecule has 564 valence electrons. The van der Waals surface area contributed by atoms with Crippen molar-refractivity contribution in [2.75, 3.05) is 19.8 Å². The van der Waals surface area contributed by atoms with Gasteiger partial charge in [0.05, 0.1) is 32.0 Å². The van der Waals surface area contributed by atoms with Crippen LogP contribution in [0.3, 0.4) is 0 Å². The molecule has 2 fully saturated rings. The van der Waals surface area contributed by atoms with Gasteiger partial charge in [0.15, 0.2) is 12.6 Å². The van der Waals surface area contributed by atoms with E-state index >= 15 is 0 Å². The number of carbonyl (C=O) groups is 1. The van der Waals surface area contributed by atoms with Crippen molar-refractivity contribution in [3.63, 3.8) is 0 Å². The van der Waals surface area contributed by atoms with Crippen molar-refractivity contribution in [2.45, 2.75) is 415 Å². The zero-order valence-corrected chi connectivity index (χ0v) is 61.8. The lowest BCUT2D eigenvalue weighted by molar-refractivity contribution is -0.359. The molecule has 9 N–H and O–H groups in total. The molecule has 1 amide bonds. The number of carbonyl (C=O) groups excluding carboxylic acids is 1. The number of aliphatic hydroxyl groups is 8. The Kier molecular flexibility index (Phi) is 61.8. The van der Waals surface area contributed by atoms with E-state index in [-0.39, 0.29) is 18.9 Å². The van der Waals surface area contributed by atoms with E-state index in [1.165, 1.54) is 244 Å². The van der Waals surface area contributed by atoms with Crippen LogP contribution in [0, 0.1) is 0 Å². The predicted octanol–water partition coefficient (Wildman–Crippen LogP) is 18.3. The van der Waals surface area contributed by atoms with Crippen molar-refractivity contribution in [1.29, 1.82) is 0 Å². The average molecular weight is 1370 g/mol. The standard InChI is InChI=1S/C83H149NO13/c1-3-5-7-9-11-13-15-17-19-21-23-25-27-29-31-33-35-36-37-39-41-43-45-47-49-51-53-55-57-59-61-63-65-67-75(88)84-71(70-94-82-80(93)78(91)81(74(69-86)96-82)97-83-79(92)77(90)76(89)73(68-85)95-83)72(87)66-64-62-60-58-56-54-52-50-48-46-44-42-40-38-34-32-30-28-26-24-22-20-18-16-14-12-10-8-6-4-2/h5,7,11,13,17,19,23,25,29,31,56,58,64,66,71-74,76-83,85-87,89-93H,3-4,6,8-10,12,14-16,18,20-22,24,26-28,30,32-55,57,59-63,65,67-70H2,1-2H3,(H,84,88)/b7-5-,13-11-,19-17-,25-23-,31-29-,58-56+,66-64+. The SMILES string of the molecule is CC/C=C\C/C=C\C/C=C\C/C=C\C/C=C\CCCCCCCCCCCCCCCCCCCC(=O)NC(COC1OC(CO)C(OC2OC(CO)C(O)C(O)C2O)C(O)C1O)C(O)/C=C/CC/C=C/CCCCCCCCCCCCCCCCCCCCCCCCCC. The molecule has 0 saturated carbocycles. The van der Waals surface area contributed by atoms with Gasteiger partial charge in [-0.25, -0.2) is 0 Å². The van der Waals surface area contributed by atoms with Gasteiger partial charge in [0.25, 0.3) is 0 Å². The first kappa shape index (κ1) is 90.3. The Hall–Kier alpha value is -2.83. The molecule has 2 rings (SSSR count). The van der Waals surface area contributed by atoms with Gasteiger partial charge >= 0.3 is 0 Å². The highest BCUT2D eigenvalue weighted by Crippen LogP contribution is 2.30. The first-order chi connectivity index (χ1) is 47.6. The van der Waals surface area contributed by atoms with Gasteiger partial charge in [-0.1, -0.05) is 343 Å². The number of amides is 1. The molecule has 0 radical (unpaired) electrons. The highest BCUT2D eigenvalue weighted by atomic mass is 16.7. The number of hydrogen-bond acceptors (Lipinski definition) is 13. The van der Waals surface area contributed by atoms with E-state index in [1.54, 1.807) is 6.08 Å². The maximum absolute atomic E-state index is 13.4. The molecule has 14 nitrogen and oxygen atoms in total. The van der Waals surface area contributed by atoms with Crippen molar-refractivity contribution >= 4 is 5.91 Å². The monoisotopic (exact) mass is 1370 g/mol. The van der Waals surface area contributed by atoms with Crippen molar-refractivity contribution in [3.8, 4) is 0 Å². The Labute approximate surface area is 592 Å². The lowest BCUT2D eigenvalue weighted by atomic mass is 9.97. The third-order valence-electron chi connectivity index (χ3n) is 19.3. The van der Waals surface area contributed by atoms with Gasteiger partial charge in [-0.2, -0.15) is 0 Å². The van der Waals surface area contributed by atoms with Crippen LogP contribution in [0.4, 0.5) is 0 Å². The number of ether oxygens (including phenoxy) is 4. The molecule has 2 aliphatic heterocycles. The lowest BCUT2D eigenvalue weighted by Crippen LogP contribution is -2.65.